The van der Waals surface area contributed by atoms with Crippen LogP contribution in [0.1, 0.15) is 65.0 Å². The van der Waals surface area contributed by atoms with Crippen LogP contribution in [0.25, 0.3) is 0 Å². The van der Waals surface area contributed by atoms with Gasteiger partial charge in [0.15, 0.2) is 5.96 Å². The maximum atomic E-state index is 12.0. The highest BCUT2D eigenvalue weighted by Crippen LogP contribution is 2.19. The summed E-state index contributed by atoms with van der Waals surface area (Å²) in [5.41, 5.74) is 0.810. The summed E-state index contributed by atoms with van der Waals surface area (Å²) in [4.78, 5) is 18.5. The van der Waals surface area contributed by atoms with Gasteiger partial charge in [-0.15, -0.1) is 0 Å². The number of hydrogen-bond acceptors (Lipinski definition) is 4. The fourth-order valence-electron chi connectivity index (χ4n) is 3.66. The molecular weight excluding hydrogens is 380 g/mol. The van der Waals surface area contributed by atoms with Gasteiger partial charge < -0.3 is 25.4 Å². The molecule has 1 fully saturated rings. The summed E-state index contributed by atoms with van der Waals surface area (Å²) < 4.78 is 5.64. The minimum absolute atomic E-state index is 0.120. The molecule has 1 aromatic carbocycles. The minimum atomic E-state index is -0.681. The van der Waals surface area contributed by atoms with Crippen molar-refractivity contribution >= 4 is 11.9 Å². The Morgan fingerprint density at radius 2 is 1.97 bits per heavy atom. The first kappa shape index (κ1) is 24.0. The lowest BCUT2D eigenvalue weighted by Gasteiger charge is -2.27. The topological polar surface area (TPSA) is 86.2 Å². The highest BCUT2D eigenvalue weighted by molar-refractivity contribution is 5.80. The van der Waals surface area contributed by atoms with Crippen molar-refractivity contribution in [3.63, 3.8) is 0 Å². The van der Waals surface area contributed by atoms with Crippen LogP contribution in [0.5, 0.6) is 5.75 Å². The van der Waals surface area contributed by atoms with E-state index in [1.807, 2.05) is 49.9 Å². The highest BCUT2D eigenvalue weighted by Gasteiger charge is 2.26. The predicted molar refractivity (Wildman–Crippen MR) is 121 cm³/mol. The largest absolute Gasteiger partial charge is 0.491 e. The minimum Gasteiger partial charge on any atom is -0.491 e. The fraction of sp³-hybridized carbons (Fsp3) is 0.652. The van der Waals surface area contributed by atoms with E-state index in [2.05, 4.69) is 22.5 Å². The number of carbonyl (C=O) groups is 1. The van der Waals surface area contributed by atoms with Crippen molar-refractivity contribution in [1.82, 2.24) is 15.5 Å². The molecule has 2 unspecified atom stereocenters. The molecular formula is C23H38N4O3. The Kier molecular flexibility index (Phi) is 9.94. The zero-order valence-corrected chi connectivity index (χ0v) is 18.9. The van der Waals surface area contributed by atoms with Gasteiger partial charge in [0, 0.05) is 32.1 Å². The van der Waals surface area contributed by atoms with Crippen molar-refractivity contribution in [3.05, 3.63) is 29.8 Å². The van der Waals surface area contributed by atoms with Crippen LogP contribution in [0.3, 0.4) is 0 Å². The fourth-order valence-corrected chi connectivity index (χ4v) is 3.66. The molecule has 1 heterocycles. The first-order valence-electron chi connectivity index (χ1n) is 11.2. The van der Waals surface area contributed by atoms with Gasteiger partial charge in [0.25, 0.3) is 0 Å². The number of aliphatic imine (C=N–C) groups is 1. The normalized spacial score (nSPS) is 16.7. The molecule has 168 valence electrons. The number of likely N-dealkylation sites (tertiary alicyclic amines) is 1. The molecule has 1 aliphatic rings. The molecule has 0 bridgehead atoms. The van der Waals surface area contributed by atoms with Gasteiger partial charge in [-0.2, -0.15) is 0 Å². The summed E-state index contributed by atoms with van der Waals surface area (Å²) in [6, 6.07) is 7.76. The molecule has 7 nitrogen and oxygen atoms in total. The third-order valence-electron chi connectivity index (χ3n) is 5.20. The number of guanidine groups is 1. The van der Waals surface area contributed by atoms with Crippen LogP contribution < -0.4 is 15.4 Å². The van der Waals surface area contributed by atoms with Crippen LogP contribution in [-0.4, -0.2) is 60.2 Å². The number of ether oxygens (including phenoxy) is 1. The lowest BCUT2D eigenvalue weighted by atomic mass is 10.1. The molecule has 7 heteroatoms. The van der Waals surface area contributed by atoms with Gasteiger partial charge in [-0.1, -0.05) is 19.1 Å². The van der Waals surface area contributed by atoms with Crippen molar-refractivity contribution < 1.29 is 14.6 Å². The Morgan fingerprint density at radius 3 is 2.53 bits per heavy atom. The van der Waals surface area contributed by atoms with Gasteiger partial charge >= 0.3 is 0 Å². The van der Waals surface area contributed by atoms with Crippen molar-refractivity contribution in [2.75, 3.05) is 26.2 Å². The number of benzene rings is 1. The Balaban J connectivity index is 1.86. The van der Waals surface area contributed by atoms with Gasteiger partial charge in [0.05, 0.1) is 18.8 Å². The SMILES string of the molecule is CCNC(=NCC(O)c1ccc(OC(C)C)cc1)NCCC(CC)N1CCCC1=O. The zero-order valence-electron chi connectivity index (χ0n) is 18.9. The van der Waals surface area contributed by atoms with Crippen LogP contribution in [0.4, 0.5) is 0 Å². The number of nitrogens with one attached hydrogen (secondary N) is 2. The average molecular weight is 419 g/mol. The molecule has 1 aromatic rings. The lowest BCUT2D eigenvalue weighted by Crippen LogP contribution is -2.42. The van der Waals surface area contributed by atoms with Crippen LogP contribution in [-0.2, 0) is 4.79 Å². The van der Waals surface area contributed by atoms with Crippen LogP contribution in [0.2, 0.25) is 0 Å². The van der Waals surface area contributed by atoms with Crippen LogP contribution in [0.15, 0.2) is 29.3 Å². The molecule has 30 heavy (non-hydrogen) atoms. The Bertz CT molecular complexity index is 676. The zero-order chi connectivity index (χ0) is 21.9. The lowest BCUT2D eigenvalue weighted by molar-refractivity contribution is -0.129. The Hall–Kier alpha value is -2.28. The smallest absolute Gasteiger partial charge is 0.222 e. The van der Waals surface area contributed by atoms with E-state index in [0.717, 1.165) is 50.2 Å². The molecule has 1 aliphatic heterocycles. The number of amides is 1. The summed E-state index contributed by atoms with van der Waals surface area (Å²) in [6.07, 6.45) is 2.92. The molecule has 0 aromatic heterocycles. The second-order valence-electron chi connectivity index (χ2n) is 7.94. The van der Waals surface area contributed by atoms with E-state index in [1.165, 1.54) is 0 Å². The van der Waals surface area contributed by atoms with E-state index >= 15 is 0 Å². The van der Waals surface area contributed by atoms with Gasteiger partial charge in [-0.3, -0.25) is 9.79 Å². The first-order chi connectivity index (χ1) is 14.4. The standard InChI is InChI=1S/C23H38N4O3/c1-5-19(27-15-7-8-22(27)29)13-14-25-23(24-6-2)26-16-21(28)18-9-11-20(12-10-18)30-17(3)4/h9-12,17,19,21,28H,5-8,13-16H2,1-4H3,(H2,24,25,26). The third-order valence-corrected chi connectivity index (χ3v) is 5.20. The molecule has 0 aliphatic carbocycles. The van der Waals surface area contributed by atoms with E-state index in [0.29, 0.717) is 12.4 Å². The predicted octanol–water partition coefficient (Wildman–Crippen LogP) is 2.85. The first-order valence-corrected chi connectivity index (χ1v) is 11.2. The van der Waals surface area contributed by atoms with E-state index in [-0.39, 0.29) is 24.6 Å². The van der Waals surface area contributed by atoms with Crippen LogP contribution in [0, 0.1) is 0 Å². The summed E-state index contributed by atoms with van der Waals surface area (Å²) >= 11 is 0. The number of hydrogen-bond donors (Lipinski definition) is 3. The van der Waals surface area contributed by atoms with Gasteiger partial charge in [-0.05, 0) is 57.7 Å². The third kappa shape index (κ3) is 7.52. The van der Waals surface area contributed by atoms with E-state index in [4.69, 9.17) is 4.74 Å². The number of carbonyl (C=O) groups excluding carboxylic acids is 1. The molecule has 2 atom stereocenters. The average Bonchev–Trinajstić information content (AvgIpc) is 3.15. The van der Waals surface area contributed by atoms with E-state index in [1.54, 1.807) is 0 Å². The molecule has 3 N–H and O–H groups in total. The molecule has 1 amide bonds. The van der Waals surface area contributed by atoms with Crippen molar-refractivity contribution in [2.24, 2.45) is 4.99 Å². The number of aliphatic hydroxyl groups is 1. The number of rotatable bonds is 11. The second kappa shape index (κ2) is 12.4. The summed E-state index contributed by atoms with van der Waals surface area (Å²) in [5, 5.41) is 17.0. The van der Waals surface area contributed by atoms with E-state index in [9.17, 15) is 9.90 Å². The summed E-state index contributed by atoms with van der Waals surface area (Å²) in [5.74, 6) is 1.75. The van der Waals surface area contributed by atoms with Gasteiger partial charge in [0.2, 0.25) is 5.91 Å². The maximum absolute atomic E-state index is 12.0. The van der Waals surface area contributed by atoms with E-state index < -0.39 is 6.10 Å². The molecule has 0 saturated carbocycles. The number of aliphatic hydroxyl groups excluding tert-OH is 1. The van der Waals surface area contributed by atoms with Gasteiger partial charge in [0.1, 0.15) is 5.75 Å². The molecule has 0 spiro atoms. The summed E-state index contributed by atoms with van der Waals surface area (Å²) in [7, 11) is 0. The Morgan fingerprint density at radius 1 is 1.23 bits per heavy atom. The summed E-state index contributed by atoms with van der Waals surface area (Å²) in [6.45, 7) is 10.7. The van der Waals surface area contributed by atoms with Crippen LogP contribution >= 0.6 is 0 Å². The molecule has 2 rings (SSSR count). The monoisotopic (exact) mass is 418 g/mol. The quantitative estimate of drug-likeness (QED) is 0.380. The molecule has 0 radical (unpaired) electrons. The Labute approximate surface area is 180 Å². The van der Waals surface area contributed by atoms with Crippen molar-refractivity contribution in [1.29, 1.82) is 0 Å². The number of nitrogens with zero attached hydrogens (tertiary/aromatic N) is 2. The van der Waals surface area contributed by atoms with Crippen molar-refractivity contribution in [2.45, 2.75) is 71.6 Å². The molecule has 1 saturated heterocycles. The maximum Gasteiger partial charge on any atom is 0.222 e. The highest BCUT2D eigenvalue weighted by atomic mass is 16.5. The van der Waals surface area contributed by atoms with Crippen molar-refractivity contribution in [3.8, 4) is 5.75 Å². The second-order valence-corrected chi connectivity index (χ2v) is 7.94. The van der Waals surface area contributed by atoms with Gasteiger partial charge in [-0.25, -0.2) is 0 Å².